The van der Waals surface area contributed by atoms with E-state index in [1.807, 2.05) is 26.0 Å². The molecule has 26 heavy (non-hydrogen) atoms. The summed E-state index contributed by atoms with van der Waals surface area (Å²) in [6.45, 7) is 8.33. The van der Waals surface area contributed by atoms with E-state index in [1.165, 1.54) is 0 Å². The third kappa shape index (κ3) is 6.48. The van der Waals surface area contributed by atoms with Gasteiger partial charge in [-0.3, -0.25) is 0 Å². The summed E-state index contributed by atoms with van der Waals surface area (Å²) in [4.78, 5) is 20.7. The summed E-state index contributed by atoms with van der Waals surface area (Å²) in [5.41, 5.74) is 2.69. The van der Waals surface area contributed by atoms with Gasteiger partial charge in [0.2, 0.25) is 0 Å². The van der Waals surface area contributed by atoms with Crippen molar-refractivity contribution in [1.82, 2.24) is 15.6 Å². The van der Waals surface area contributed by atoms with Crippen LogP contribution in [0.3, 0.4) is 0 Å². The van der Waals surface area contributed by atoms with E-state index in [9.17, 15) is 4.79 Å². The van der Waals surface area contributed by atoms with E-state index in [-0.39, 0.29) is 5.97 Å². The Bertz CT molecular complexity index is 725. The van der Waals surface area contributed by atoms with Gasteiger partial charge in [0.1, 0.15) is 0 Å². The molecule has 0 unspecified atom stereocenters. The average molecular weight is 375 g/mol. The number of rotatable bonds is 8. The molecule has 140 valence electrons. The highest BCUT2D eigenvalue weighted by Crippen LogP contribution is 2.08. The van der Waals surface area contributed by atoms with Crippen molar-refractivity contribution in [1.29, 1.82) is 0 Å². The Balaban J connectivity index is 1.88. The average Bonchev–Trinajstić information content (AvgIpc) is 3.05. The third-order valence-electron chi connectivity index (χ3n) is 3.57. The molecule has 0 aliphatic carbocycles. The first-order valence-corrected chi connectivity index (χ1v) is 9.69. The van der Waals surface area contributed by atoms with Gasteiger partial charge in [0.25, 0.3) is 0 Å². The number of ether oxygens (including phenoxy) is 1. The minimum atomic E-state index is -0.296. The van der Waals surface area contributed by atoms with Crippen LogP contribution in [0.1, 0.15) is 40.5 Å². The predicted molar refractivity (Wildman–Crippen MR) is 106 cm³/mol. The number of aryl methyl sites for hydroxylation is 1. The van der Waals surface area contributed by atoms with Crippen LogP contribution in [0.25, 0.3) is 0 Å². The first kappa shape index (κ1) is 19.9. The summed E-state index contributed by atoms with van der Waals surface area (Å²) in [6, 6.07) is 7.34. The smallest absolute Gasteiger partial charge is 0.338 e. The Morgan fingerprint density at radius 2 is 2.00 bits per heavy atom. The number of guanidine groups is 1. The molecule has 2 N–H and O–H groups in total. The van der Waals surface area contributed by atoms with Crippen molar-refractivity contribution >= 4 is 23.3 Å². The molecule has 6 nitrogen and oxygen atoms in total. The number of nitrogens with zero attached hydrogens (tertiary/aromatic N) is 2. The zero-order valence-corrected chi connectivity index (χ0v) is 16.4. The van der Waals surface area contributed by atoms with Crippen molar-refractivity contribution in [3.05, 3.63) is 51.5 Å². The highest BCUT2D eigenvalue weighted by molar-refractivity contribution is 7.09. The molecule has 0 aliphatic heterocycles. The quantitative estimate of drug-likeness (QED) is 0.422. The van der Waals surface area contributed by atoms with Crippen LogP contribution in [0.15, 0.2) is 34.6 Å². The number of hydrogen-bond acceptors (Lipinski definition) is 5. The fourth-order valence-corrected chi connectivity index (χ4v) is 2.95. The molecule has 7 heteroatoms. The number of aromatic nitrogens is 1. The molecule has 0 fully saturated rings. The number of aliphatic imine (C=N–C) groups is 1. The van der Waals surface area contributed by atoms with E-state index in [0.29, 0.717) is 18.7 Å². The first-order valence-electron chi connectivity index (χ1n) is 8.81. The van der Waals surface area contributed by atoms with Crippen molar-refractivity contribution in [3.63, 3.8) is 0 Å². The SMILES string of the molecule is CCNC(=NCc1ccc(C(=O)OCC)cc1)NCCc1csc(C)n1. The molecule has 0 saturated carbocycles. The molecule has 0 radical (unpaired) electrons. The zero-order chi connectivity index (χ0) is 18.8. The van der Waals surface area contributed by atoms with Crippen molar-refractivity contribution in [3.8, 4) is 0 Å². The van der Waals surface area contributed by atoms with E-state index in [2.05, 4.69) is 26.0 Å². The van der Waals surface area contributed by atoms with Gasteiger partial charge in [0.05, 0.1) is 29.4 Å². The van der Waals surface area contributed by atoms with Gasteiger partial charge in [0.15, 0.2) is 5.96 Å². The van der Waals surface area contributed by atoms with Crippen LogP contribution < -0.4 is 10.6 Å². The Labute approximate surface area is 158 Å². The number of carbonyl (C=O) groups excluding carboxylic acids is 1. The summed E-state index contributed by atoms with van der Waals surface area (Å²) in [5, 5.41) is 9.74. The van der Waals surface area contributed by atoms with Gasteiger partial charge >= 0.3 is 5.97 Å². The number of esters is 1. The largest absolute Gasteiger partial charge is 0.462 e. The molecular weight excluding hydrogens is 348 g/mol. The molecule has 0 saturated heterocycles. The highest BCUT2D eigenvalue weighted by Gasteiger charge is 2.05. The maximum Gasteiger partial charge on any atom is 0.338 e. The second kappa shape index (κ2) is 10.6. The molecule has 0 atom stereocenters. The predicted octanol–water partition coefficient (Wildman–Crippen LogP) is 2.93. The summed E-state index contributed by atoms with van der Waals surface area (Å²) >= 11 is 1.67. The summed E-state index contributed by atoms with van der Waals surface area (Å²) in [7, 11) is 0. The summed E-state index contributed by atoms with van der Waals surface area (Å²) in [5.74, 6) is 0.476. The lowest BCUT2D eigenvalue weighted by Gasteiger charge is -2.11. The molecular formula is C19H26N4O2S. The lowest BCUT2D eigenvalue weighted by Crippen LogP contribution is -2.38. The Kier molecular flexibility index (Phi) is 8.08. The number of carbonyl (C=O) groups is 1. The fraction of sp³-hybridized carbons (Fsp3) is 0.421. The summed E-state index contributed by atoms with van der Waals surface area (Å²) < 4.78 is 4.99. The molecule has 1 aromatic heterocycles. The zero-order valence-electron chi connectivity index (χ0n) is 15.5. The topological polar surface area (TPSA) is 75.6 Å². The molecule has 0 bridgehead atoms. The Morgan fingerprint density at radius 3 is 2.62 bits per heavy atom. The van der Waals surface area contributed by atoms with Crippen LogP contribution in [0.2, 0.25) is 0 Å². The first-order chi connectivity index (χ1) is 12.6. The molecule has 1 heterocycles. The standard InChI is InChI=1S/C19H26N4O2S/c1-4-20-19(21-11-10-17-13-26-14(3)23-17)22-12-15-6-8-16(9-7-15)18(24)25-5-2/h6-9,13H,4-5,10-12H2,1-3H3,(H2,20,21,22). The van der Waals surface area contributed by atoms with Crippen LogP contribution in [0, 0.1) is 6.92 Å². The van der Waals surface area contributed by atoms with E-state index < -0.39 is 0 Å². The molecule has 2 rings (SSSR count). The molecule has 0 spiro atoms. The van der Waals surface area contributed by atoms with Gasteiger partial charge in [-0.1, -0.05) is 12.1 Å². The van der Waals surface area contributed by atoms with Crippen molar-refractivity contribution in [2.45, 2.75) is 33.7 Å². The maximum absolute atomic E-state index is 11.7. The van der Waals surface area contributed by atoms with Gasteiger partial charge in [-0.25, -0.2) is 14.8 Å². The minimum Gasteiger partial charge on any atom is -0.462 e. The number of nitrogens with one attached hydrogen (secondary N) is 2. The van der Waals surface area contributed by atoms with E-state index in [1.54, 1.807) is 30.4 Å². The van der Waals surface area contributed by atoms with Gasteiger partial charge in [-0.2, -0.15) is 0 Å². The number of thiazole rings is 1. The number of hydrogen-bond donors (Lipinski definition) is 2. The van der Waals surface area contributed by atoms with E-state index >= 15 is 0 Å². The van der Waals surface area contributed by atoms with Crippen LogP contribution in [-0.2, 0) is 17.7 Å². The minimum absolute atomic E-state index is 0.296. The van der Waals surface area contributed by atoms with Gasteiger partial charge < -0.3 is 15.4 Å². The fourth-order valence-electron chi connectivity index (χ4n) is 2.30. The lowest BCUT2D eigenvalue weighted by atomic mass is 10.1. The van der Waals surface area contributed by atoms with E-state index in [0.717, 1.165) is 41.7 Å². The third-order valence-corrected chi connectivity index (χ3v) is 4.39. The monoisotopic (exact) mass is 374 g/mol. The number of benzene rings is 1. The highest BCUT2D eigenvalue weighted by atomic mass is 32.1. The van der Waals surface area contributed by atoms with Crippen molar-refractivity contribution in [2.24, 2.45) is 4.99 Å². The van der Waals surface area contributed by atoms with Crippen LogP contribution in [0.5, 0.6) is 0 Å². The van der Waals surface area contributed by atoms with Gasteiger partial charge in [-0.15, -0.1) is 11.3 Å². The van der Waals surface area contributed by atoms with Gasteiger partial charge in [0, 0.05) is 24.9 Å². The Morgan fingerprint density at radius 1 is 1.23 bits per heavy atom. The molecule has 1 aromatic carbocycles. The van der Waals surface area contributed by atoms with Crippen molar-refractivity contribution < 1.29 is 9.53 Å². The second-order valence-corrected chi connectivity index (χ2v) is 6.71. The van der Waals surface area contributed by atoms with Gasteiger partial charge in [-0.05, 0) is 38.5 Å². The lowest BCUT2D eigenvalue weighted by molar-refractivity contribution is 0.0526. The van der Waals surface area contributed by atoms with Crippen LogP contribution in [-0.4, -0.2) is 36.6 Å². The second-order valence-electron chi connectivity index (χ2n) is 5.65. The maximum atomic E-state index is 11.7. The summed E-state index contributed by atoms with van der Waals surface area (Å²) in [6.07, 6.45) is 0.864. The molecule has 0 amide bonds. The normalized spacial score (nSPS) is 11.3. The molecule has 0 aliphatic rings. The molecule has 2 aromatic rings. The Hall–Kier alpha value is -2.41. The van der Waals surface area contributed by atoms with E-state index in [4.69, 9.17) is 4.74 Å². The van der Waals surface area contributed by atoms with Crippen LogP contribution in [0.4, 0.5) is 0 Å². The van der Waals surface area contributed by atoms with Crippen molar-refractivity contribution in [2.75, 3.05) is 19.7 Å². The van der Waals surface area contributed by atoms with Crippen LogP contribution >= 0.6 is 11.3 Å².